The molecule has 28 heavy (non-hydrogen) atoms. The third-order valence-electron chi connectivity index (χ3n) is 4.85. The number of benzene rings is 1. The molecule has 1 aliphatic rings. The summed E-state index contributed by atoms with van der Waals surface area (Å²) in [6.07, 6.45) is -1.50. The number of morpholine rings is 1. The molecule has 1 aromatic heterocycles. The number of aromatic nitrogens is 1. The van der Waals surface area contributed by atoms with Gasteiger partial charge in [0.05, 0.1) is 24.1 Å². The monoisotopic (exact) mass is 392 g/mol. The van der Waals surface area contributed by atoms with Gasteiger partial charge in [-0.2, -0.15) is 13.2 Å². The van der Waals surface area contributed by atoms with Crippen molar-refractivity contribution < 1.29 is 22.7 Å². The maximum atomic E-state index is 13.1. The lowest BCUT2D eigenvalue weighted by atomic mass is 9.98. The highest BCUT2D eigenvalue weighted by molar-refractivity contribution is 5.79. The molecule has 1 aliphatic heterocycles. The van der Waals surface area contributed by atoms with Gasteiger partial charge >= 0.3 is 6.18 Å². The van der Waals surface area contributed by atoms with Crippen molar-refractivity contribution in [3.63, 3.8) is 0 Å². The minimum Gasteiger partial charge on any atom is -0.364 e. The lowest BCUT2D eigenvalue weighted by Crippen LogP contribution is -2.52. The van der Waals surface area contributed by atoms with Crippen molar-refractivity contribution in [3.05, 3.63) is 65.0 Å². The summed E-state index contributed by atoms with van der Waals surface area (Å²) in [6, 6.07) is 6.95. The number of hydrogen-bond donors (Lipinski definition) is 0. The normalized spacial score (nSPS) is 19.5. The number of nitrogens with zero attached hydrogens (tertiary/aromatic N) is 2. The zero-order valence-electron chi connectivity index (χ0n) is 16.1. The highest BCUT2D eigenvalue weighted by Crippen LogP contribution is 2.35. The number of amides is 1. The molecule has 3 rings (SSSR count). The number of aryl methyl sites for hydroxylation is 1. The number of pyridine rings is 1. The number of alkyl halides is 3. The van der Waals surface area contributed by atoms with Gasteiger partial charge in [0, 0.05) is 18.9 Å². The minimum absolute atomic E-state index is 0.0931. The Bertz CT molecular complexity index is 865. The van der Waals surface area contributed by atoms with Crippen LogP contribution < -0.4 is 0 Å². The van der Waals surface area contributed by atoms with E-state index in [1.807, 2.05) is 26.8 Å². The number of carbonyl (C=O) groups excluding carboxylic acids is 1. The van der Waals surface area contributed by atoms with Gasteiger partial charge in [0.2, 0.25) is 5.91 Å². The van der Waals surface area contributed by atoms with Crippen molar-refractivity contribution in [1.29, 1.82) is 0 Å². The summed E-state index contributed by atoms with van der Waals surface area (Å²) < 4.78 is 45.2. The van der Waals surface area contributed by atoms with Gasteiger partial charge in [-0.15, -0.1) is 0 Å². The summed E-state index contributed by atoms with van der Waals surface area (Å²) in [7, 11) is 0. The number of hydrogen-bond acceptors (Lipinski definition) is 3. The Hall–Kier alpha value is -2.41. The molecule has 0 spiro atoms. The molecule has 7 heteroatoms. The van der Waals surface area contributed by atoms with Crippen LogP contribution in [0, 0.1) is 6.92 Å². The first-order chi connectivity index (χ1) is 13.0. The van der Waals surface area contributed by atoms with Crippen LogP contribution in [-0.2, 0) is 22.1 Å². The highest BCUT2D eigenvalue weighted by atomic mass is 19.4. The molecule has 2 aromatic rings. The van der Waals surface area contributed by atoms with Crippen molar-refractivity contribution in [2.75, 3.05) is 13.1 Å². The molecule has 1 amide bonds. The fourth-order valence-electron chi connectivity index (χ4n) is 3.42. The summed E-state index contributed by atoms with van der Waals surface area (Å²) in [5.74, 6) is -0.0931. The van der Waals surface area contributed by atoms with Gasteiger partial charge in [0.1, 0.15) is 6.10 Å². The van der Waals surface area contributed by atoms with Gasteiger partial charge in [-0.3, -0.25) is 9.78 Å². The Balaban J connectivity index is 1.82. The van der Waals surface area contributed by atoms with E-state index < -0.39 is 23.4 Å². The van der Waals surface area contributed by atoms with Crippen molar-refractivity contribution >= 4 is 5.91 Å². The number of carbonyl (C=O) groups is 1. The summed E-state index contributed by atoms with van der Waals surface area (Å²) in [4.78, 5) is 18.6. The van der Waals surface area contributed by atoms with E-state index >= 15 is 0 Å². The van der Waals surface area contributed by atoms with E-state index in [1.165, 1.54) is 6.07 Å². The van der Waals surface area contributed by atoms with Crippen LogP contribution in [0.25, 0.3) is 0 Å². The molecule has 0 aliphatic carbocycles. The first-order valence-electron chi connectivity index (χ1n) is 9.07. The van der Waals surface area contributed by atoms with E-state index in [4.69, 9.17) is 4.74 Å². The van der Waals surface area contributed by atoms with Gasteiger partial charge in [-0.25, -0.2) is 0 Å². The maximum Gasteiger partial charge on any atom is 0.416 e. The summed E-state index contributed by atoms with van der Waals surface area (Å²) in [6.45, 7) is 6.17. The number of ether oxygens (including phenoxy) is 1. The molecule has 0 bridgehead atoms. The Morgan fingerprint density at radius 3 is 2.75 bits per heavy atom. The van der Waals surface area contributed by atoms with E-state index in [1.54, 1.807) is 23.4 Å². The average molecular weight is 392 g/mol. The summed E-state index contributed by atoms with van der Waals surface area (Å²) in [5, 5.41) is 0. The molecular weight excluding hydrogens is 369 g/mol. The SMILES string of the molecule is Cc1ccncc1CC(=O)N1CC(c2cccc(C(F)(F)F)c2)OC(C)(C)C1. The lowest BCUT2D eigenvalue weighted by molar-refractivity contribution is -0.162. The standard InChI is InChI=1S/C21H23F3N2O2/c1-14-7-8-25-11-16(14)10-19(27)26-12-18(28-20(2,3)13-26)15-5-4-6-17(9-15)21(22,23)24/h4-9,11,18H,10,12-13H2,1-3H3. The number of rotatable bonds is 3. The quantitative estimate of drug-likeness (QED) is 0.781. The predicted octanol–water partition coefficient (Wildman–Crippen LogP) is 4.33. The fourth-order valence-corrected chi connectivity index (χ4v) is 3.42. The van der Waals surface area contributed by atoms with Crippen molar-refractivity contribution in [1.82, 2.24) is 9.88 Å². The predicted molar refractivity (Wildman–Crippen MR) is 98.6 cm³/mol. The smallest absolute Gasteiger partial charge is 0.364 e. The maximum absolute atomic E-state index is 13.1. The summed E-state index contributed by atoms with van der Waals surface area (Å²) in [5.41, 5.74) is 0.841. The summed E-state index contributed by atoms with van der Waals surface area (Å²) >= 11 is 0. The lowest BCUT2D eigenvalue weighted by Gasteiger charge is -2.43. The number of halogens is 3. The molecule has 4 nitrogen and oxygen atoms in total. The second kappa shape index (κ2) is 7.54. The van der Waals surface area contributed by atoms with E-state index in [0.717, 1.165) is 23.3 Å². The second-order valence-electron chi connectivity index (χ2n) is 7.74. The largest absolute Gasteiger partial charge is 0.416 e. The first kappa shape index (κ1) is 20.3. The van der Waals surface area contributed by atoms with Crippen LogP contribution >= 0.6 is 0 Å². The van der Waals surface area contributed by atoms with Crippen LogP contribution in [0.4, 0.5) is 13.2 Å². The molecule has 1 saturated heterocycles. The Kier molecular flexibility index (Phi) is 5.48. The molecule has 0 radical (unpaired) electrons. The van der Waals surface area contributed by atoms with Crippen molar-refractivity contribution in [3.8, 4) is 0 Å². The van der Waals surface area contributed by atoms with Crippen LogP contribution in [0.3, 0.4) is 0 Å². The Morgan fingerprint density at radius 1 is 1.32 bits per heavy atom. The molecule has 0 N–H and O–H groups in total. The van der Waals surface area contributed by atoms with E-state index in [9.17, 15) is 18.0 Å². The molecule has 1 atom stereocenters. The van der Waals surface area contributed by atoms with E-state index in [2.05, 4.69) is 4.98 Å². The average Bonchev–Trinajstić information content (AvgIpc) is 2.61. The topological polar surface area (TPSA) is 42.4 Å². The van der Waals surface area contributed by atoms with Gasteiger partial charge in [-0.05, 0) is 55.7 Å². The van der Waals surface area contributed by atoms with Gasteiger partial charge in [-0.1, -0.05) is 12.1 Å². The molecule has 1 unspecified atom stereocenters. The third kappa shape index (κ3) is 4.70. The van der Waals surface area contributed by atoms with Gasteiger partial charge in [0.15, 0.2) is 0 Å². The minimum atomic E-state index is -4.42. The van der Waals surface area contributed by atoms with Gasteiger partial charge in [0.25, 0.3) is 0 Å². The first-order valence-corrected chi connectivity index (χ1v) is 9.07. The van der Waals surface area contributed by atoms with Crippen LogP contribution in [0.15, 0.2) is 42.7 Å². The molecule has 2 heterocycles. The molecule has 1 fully saturated rings. The third-order valence-corrected chi connectivity index (χ3v) is 4.85. The zero-order chi connectivity index (χ0) is 20.5. The molecule has 1 aromatic carbocycles. The van der Waals surface area contributed by atoms with Crippen LogP contribution in [-0.4, -0.2) is 34.5 Å². The second-order valence-corrected chi connectivity index (χ2v) is 7.74. The van der Waals surface area contributed by atoms with Crippen LogP contribution in [0.2, 0.25) is 0 Å². The molecule has 0 saturated carbocycles. The molecule has 150 valence electrons. The van der Waals surface area contributed by atoms with E-state index in [-0.39, 0.29) is 18.9 Å². The van der Waals surface area contributed by atoms with Crippen LogP contribution in [0.5, 0.6) is 0 Å². The zero-order valence-corrected chi connectivity index (χ0v) is 16.1. The van der Waals surface area contributed by atoms with Crippen molar-refractivity contribution in [2.24, 2.45) is 0 Å². The Morgan fingerprint density at radius 2 is 2.07 bits per heavy atom. The van der Waals surface area contributed by atoms with Crippen LogP contribution in [0.1, 0.15) is 42.2 Å². The fraction of sp³-hybridized carbons (Fsp3) is 0.429. The van der Waals surface area contributed by atoms with E-state index in [0.29, 0.717) is 12.1 Å². The van der Waals surface area contributed by atoms with Gasteiger partial charge < -0.3 is 9.64 Å². The Labute approximate surface area is 162 Å². The highest BCUT2D eigenvalue weighted by Gasteiger charge is 2.37. The molecular formula is C21H23F3N2O2. The van der Waals surface area contributed by atoms with Crippen molar-refractivity contribution in [2.45, 2.75) is 45.1 Å².